The van der Waals surface area contributed by atoms with Crippen LogP contribution in [0.4, 0.5) is 0 Å². The second kappa shape index (κ2) is 5.97. The van der Waals surface area contributed by atoms with Crippen LogP contribution in [0.25, 0.3) is 0 Å². The number of fused-ring (bicyclic) bond motifs is 1. The van der Waals surface area contributed by atoms with Gasteiger partial charge in [0.25, 0.3) is 0 Å². The summed E-state index contributed by atoms with van der Waals surface area (Å²) in [6.45, 7) is 3.32. The van der Waals surface area contributed by atoms with Crippen molar-refractivity contribution in [2.75, 3.05) is 6.79 Å². The van der Waals surface area contributed by atoms with Crippen LogP contribution in [0.15, 0.2) is 48.5 Å². The van der Waals surface area contributed by atoms with Crippen molar-refractivity contribution in [1.82, 2.24) is 5.32 Å². The maximum atomic E-state index is 5.52. The fourth-order valence-corrected chi connectivity index (χ4v) is 2.45. The molecule has 1 heterocycles. The standard InChI is InChI=1S/C17H19NO2/c1-13(10-14-6-3-2-4-7-14)18-11-15-8-5-9-16-17(15)20-12-19-16/h2-9,13,18H,10-12H2,1H3. The van der Waals surface area contributed by atoms with E-state index in [0.717, 1.165) is 30.0 Å². The predicted octanol–water partition coefficient (Wildman–Crippen LogP) is 3.14. The molecule has 1 N–H and O–H groups in total. The maximum Gasteiger partial charge on any atom is 0.231 e. The molecule has 3 heteroatoms. The van der Waals surface area contributed by atoms with Crippen molar-refractivity contribution in [2.45, 2.75) is 25.9 Å². The molecule has 2 aromatic carbocycles. The first kappa shape index (κ1) is 13.0. The van der Waals surface area contributed by atoms with Crippen LogP contribution in [0.5, 0.6) is 11.5 Å². The molecule has 1 aliphatic rings. The molecule has 1 unspecified atom stereocenters. The third-order valence-electron chi connectivity index (χ3n) is 3.50. The van der Waals surface area contributed by atoms with Crippen molar-refractivity contribution < 1.29 is 9.47 Å². The number of rotatable bonds is 5. The van der Waals surface area contributed by atoms with Crippen molar-refractivity contribution in [1.29, 1.82) is 0 Å². The summed E-state index contributed by atoms with van der Waals surface area (Å²) >= 11 is 0. The van der Waals surface area contributed by atoms with Gasteiger partial charge in [-0.1, -0.05) is 42.5 Å². The molecule has 104 valence electrons. The smallest absolute Gasteiger partial charge is 0.231 e. The Bertz CT molecular complexity index is 568. The first-order valence-corrected chi connectivity index (χ1v) is 6.98. The number of ether oxygens (including phenoxy) is 2. The fourth-order valence-electron chi connectivity index (χ4n) is 2.45. The lowest BCUT2D eigenvalue weighted by molar-refractivity contribution is 0.173. The predicted molar refractivity (Wildman–Crippen MR) is 79.0 cm³/mol. The van der Waals surface area contributed by atoms with E-state index in [1.54, 1.807) is 0 Å². The first-order chi connectivity index (χ1) is 9.83. The third-order valence-corrected chi connectivity index (χ3v) is 3.50. The second-order valence-corrected chi connectivity index (χ2v) is 5.12. The highest BCUT2D eigenvalue weighted by atomic mass is 16.7. The van der Waals surface area contributed by atoms with Crippen LogP contribution in [0, 0.1) is 0 Å². The highest BCUT2D eigenvalue weighted by Crippen LogP contribution is 2.35. The van der Waals surface area contributed by atoms with E-state index in [4.69, 9.17) is 9.47 Å². The molecule has 1 aliphatic heterocycles. The van der Waals surface area contributed by atoms with Gasteiger partial charge < -0.3 is 14.8 Å². The molecule has 0 amide bonds. The molecule has 2 aromatic rings. The molecular formula is C17H19NO2. The van der Waals surface area contributed by atoms with E-state index >= 15 is 0 Å². The zero-order valence-electron chi connectivity index (χ0n) is 11.6. The molecule has 0 radical (unpaired) electrons. The van der Waals surface area contributed by atoms with Crippen LogP contribution in [-0.4, -0.2) is 12.8 Å². The van der Waals surface area contributed by atoms with Gasteiger partial charge in [-0.2, -0.15) is 0 Å². The van der Waals surface area contributed by atoms with Crippen LogP contribution >= 0.6 is 0 Å². The zero-order chi connectivity index (χ0) is 13.8. The lowest BCUT2D eigenvalue weighted by Crippen LogP contribution is -2.27. The van der Waals surface area contributed by atoms with Gasteiger partial charge in [-0.3, -0.25) is 0 Å². The Labute approximate surface area is 119 Å². The van der Waals surface area contributed by atoms with Crippen LogP contribution in [0.1, 0.15) is 18.1 Å². The number of nitrogens with one attached hydrogen (secondary N) is 1. The van der Waals surface area contributed by atoms with Gasteiger partial charge in [-0.15, -0.1) is 0 Å². The summed E-state index contributed by atoms with van der Waals surface area (Å²) in [6.07, 6.45) is 1.02. The van der Waals surface area contributed by atoms with Gasteiger partial charge in [0.2, 0.25) is 6.79 Å². The summed E-state index contributed by atoms with van der Waals surface area (Å²) in [4.78, 5) is 0. The van der Waals surface area contributed by atoms with Crippen molar-refractivity contribution in [3.05, 3.63) is 59.7 Å². The number of hydrogen-bond donors (Lipinski definition) is 1. The topological polar surface area (TPSA) is 30.5 Å². The van der Waals surface area contributed by atoms with Crippen LogP contribution in [0.2, 0.25) is 0 Å². The molecule has 0 aromatic heterocycles. The molecule has 1 atom stereocenters. The molecule has 20 heavy (non-hydrogen) atoms. The quantitative estimate of drug-likeness (QED) is 0.904. The summed E-state index contributed by atoms with van der Waals surface area (Å²) in [5.41, 5.74) is 2.50. The molecule has 0 spiro atoms. The van der Waals surface area contributed by atoms with Gasteiger partial charge in [0.1, 0.15) is 0 Å². The molecule has 0 aliphatic carbocycles. The number of benzene rings is 2. The first-order valence-electron chi connectivity index (χ1n) is 6.98. The van der Waals surface area contributed by atoms with Crippen molar-refractivity contribution in [2.24, 2.45) is 0 Å². The Balaban J connectivity index is 1.58. The van der Waals surface area contributed by atoms with E-state index in [-0.39, 0.29) is 0 Å². The van der Waals surface area contributed by atoms with Crippen molar-refractivity contribution in [3.8, 4) is 11.5 Å². The highest BCUT2D eigenvalue weighted by molar-refractivity contribution is 5.48. The molecule has 0 saturated carbocycles. The summed E-state index contributed by atoms with van der Waals surface area (Å²) < 4.78 is 10.9. The summed E-state index contributed by atoms with van der Waals surface area (Å²) in [5, 5.41) is 3.54. The van der Waals surface area contributed by atoms with Gasteiger partial charge in [0.05, 0.1) is 0 Å². The highest BCUT2D eigenvalue weighted by Gasteiger charge is 2.17. The minimum Gasteiger partial charge on any atom is -0.454 e. The van der Waals surface area contributed by atoms with Gasteiger partial charge in [0, 0.05) is 18.2 Å². The van der Waals surface area contributed by atoms with E-state index in [2.05, 4.69) is 42.6 Å². The van der Waals surface area contributed by atoms with Crippen LogP contribution < -0.4 is 14.8 Å². The molecule has 3 nitrogen and oxygen atoms in total. The van der Waals surface area contributed by atoms with Crippen LogP contribution in [0.3, 0.4) is 0 Å². The van der Waals surface area contributed by atoms with Gasteiger partial charge in [-0.25, -0.2) is 0 Å². The lowest BCUT2D eigenvalue weighted by Gasteiger charge is -2.14. The zero-order valence-corrected chi connectivity index (χ0v) is 11.6. The molecular weight excluding hydrogens is 250 g/mol. The summed E-state index contributed by atoms with van der Waals surface area (Å²) in [5.74, 6) is 1.73. The summed E-state index contributed by atoms with van der Waals surface area (Å²) in [7, 11) is 0. The fraction of sp³-hybridized carbons (Fsp3) is 0.294. The second-order valence-electron chi connectivity index (χ2n) is 5.12. The third kappa shape index (κ3) is 2.94. The minimum absolute atomic E-state index is 0.325. The van der Waals surface area contributed by atoms with Gasteiger partial charge in [0.15, 0.2) is 11.5 Å². The lowest BCUT2D eigenvalue weighted by atomic mass is 10.1. The van der Waals surface area contributed by atoms with E-state index < -0.39 is 0 Å². The van der Waals surface area contributed by atoms with Gasteiger partial charge in [-0.05, 0) is 25.0 Å². The molecule has 0 bridgehead atoms. The van der Waals surface area contributed by atoms with Gasteiger partial charge >= 0.3 is 0 Å². The van der Waals surface area contributed by atoms with Crippen LogP contribution in [-0.2, 0) is 13.0 Å². The Hall–Kier alpha value is -2.00. The SMILES string of the molecule is CC(Cc1ccccc1)NCc1cccc2c1OCO2. The molecule has 0 saturated heterocycles. The Morgan fingerprint density at radius 3 is 2.75 bits per heavy atom. The van der Waals surface area contributed by atoms with E-state index in [1.165, 1.54) is 5.56 Å². The molecule has 3 rings (SSSR count). The van der Waals surface area contributed by atoms with E-state index in [0.29, 0.717) is 12.8 Å². The average molecular weight is 269 g/mol. The largest absolute Gasteiger partial charge is 0.454 e. The average Bonchev–Trinajstić information content (AvgIpc) is 2.95. The van der Waals surface area contributed by atoms with E-state index in [1.807, 2.05) is 18.2 Å². The van der Waals surface area contributed by atoms with E-state index in [9.17, 15) is 0 Å². The molecule has 0 fully saturated rings. The number of para-hydroxylation sites is 1. The van der Waals surface area contributed by atoms with Crippen molar-refractivity contribution in [3.63, 3.8) is 0 Å². The maximum absolute atomic E-state index is 5.52. The number of hydrogen-bond acceptors (Lipinski definition) is 3. The van der Waals surface area contributed by atoms with Crippen molar-refractivity contribution >= 4 is 0 Å². The summed E-state index contributed by atoms with van der Waals surface area (Å²) in [6, 6.07) is 17.0. The normalized spacial score (nSPS) is 14.2. The Morgan fingerprint density at radius 1 is 1.05 bits per heavy atom. The Kier molecular flexibility index (Phi) is 3.88. The Morgan fingerprint density at radius 2 is 1.90 bits per heavy atom. The minimum atomic E-state index is 0.325. The monoisotopic (exact) mass is 269 g/mol.